The van der Waals surface area contributed by atoms with Crippen LogP contribution in [0.5, 0.6) is 0 Å². The predicted octanol–water partition coefficient (Wildman–Crippen LogP) is 6.49. The number of benzene rings is 4. The van der Waals surface area contributed by atoms with Crippen LogP contribution in [0.4, 0.5) is 4.39 Å². The van der Waals surface area contributed by atoms with Crippen molar-refractivity contribution in [2.45, 2.75) is 67.5 Å². The van der Waals surface area contributed by atoms with Crippen molar-refractivity contribution in [2.75, 3.05) is 0 Å². The molecule has 4 aromatic rings. The van der Waals surface area contributed by atoms with Gasteiger partial charge in [-0.3, -0.25) is 4.90 Å². The SMILES string of the molecule is CC(C)(C)[S@@](=O)N[C@H]([C@@H](F)S(=O)(=O)c1ccccc1)[C@H](Cc1ccccc1)N(Cc1ccccc1)Cc1ccccc1. The lowest BCUT2D eigenvalue weighted by molar-refractivity contribution is 0.125. The first-order valence-electron chi connectivity index (χ1n) is 14.0. The molecule has 4 rings (SSSR count). The van der Waals surface area contributed by atoms with Crippen molar-refractivity contribution in [1.29, 1.82) is 0 Å². The minimum atomic E-state index is -4.44. The van der Waals surface area contributed by atoms with Crippen LogP contribution in [0.3, 0.4) is 0 Å². The Labute approximate surface area is 252 Å². The zero-order chi connectivity index (χ0) is 30.2. The number of hydrogen-bond donors (Lipinski definition) is 1. The van der Waals surface area contributed by atoms with Crippen LogP contribution in [0.15, 0.2) is 126 Å². The lowest BCUT2D eigenvalue weighted by atomic mass is 9.97. The summed E-state index contributed by atoms with van der Waals surface area (Å²) in [6, 6.07) is 35.0. The highest BCUT2D eigenvalue weighted by atomic mass is 32.2. The van der Waals surface area contributed by atoms with Crippen LogP contribution in [-0.4, -0.2) is 39.9 Å². The largest absolute Gasteiger partial charge is 0.290 e. The Hall–Kier alpha value is -3.17. The fraction of sp³-hybridized carbons (Fsp3) is 0.294. The number of halogens is 1. The summed E-state index contributed by atoms with van der Waals surface area (Å²) in [7, 11) is -6.18. The van der Waals surface area contributed by atoms with E-state index in [0.29, 0.717) is 19.5 Å². The second-order valence-electron chi connectivity index (χ2n) is 11.4. The molecule has 0 saturated carbocycles. The van der Waals surface area contributed by atoms with Crippen LogP contribution in [0, 0.1) is 0 Å². The Kier molecular flexibility index (Phi) is 10.8. The van der Waals surface area contributed by atoms with Crippen LogP contribution in [0.25, 0.3) is 0 Å². The van der Waals surface area contributed by atoms with Gasteiger partial charge in [-0.15, -0.1) is 0 Å². The van der Waals surface area contributed by atoms with Gasteiger partial charge in [-0.1, -0.05) is 109 Å². The average Bonchev–Trinajstić information content (AvgIpc) is 2.99. The topological polar surface area (TPSA) is 66.5 Å². The number of sulfone groups is 1. The summed E-state index contributed by atoms with van der Waals surface area (Å²) in [6.45, 7) is 6.22. The second kappa shape index (κ2) is 14.3. The van der Waals surface area contributed by atoms with Crippen LogP contribution >= 0.6 is 0 Å². The monoisotopic (exact) mass is 606 g/mol. The van der Waals surface area contributed by atoms with Crippen molar-refractivity contribution in [3.63, 3.8) is 0 Å². The van der Waals surface area contributed by atoms with E-state index in [-0.39, 0.29) is 4.90 Å². The third-order valence-corrected chi connectivity index (χ3v) is 10.5. The lowest BCUT2D eigenvalue weighted by Crippen LogP contribution is -2.58. The lowest BCUT2D eigenvalue weighted by Gasteiger charge is -2.39. The summed E-state index contributed by atoms with van der Waals surface area (Å²) < 4.78 is 60.2. The third-order valence-electron chi connectivity index (χ3n) is 7.08. The van der Waals surface area contributed by atoms with E-state index in [4.69, 9.17) is 0 Å². The van der Waals surface area contributed by atoms with Gasteiger partial charge < -0.3 is 0 Å². The van der Waals surface area contributed by atoms with E-state index in [9.17, 15) is 12.6 Å². The molecule has 0 aliphatic heterocycles. The van der Waals surface area contributed by atoms with Crippen LogP contribution in [-0.2, 0) is 40.3 Å². The molecule has 0 unspecified atom stereocenters. The molecule has 8 heteroatoms. The molecule has 5 nitrogen and oxygen atoms in total. The number of nitrogens with zero attached hydrogens (tertiary/aromatic N) is 1. The Morgan fingerprint density at radius 1 is 0.714 bits per heavy atom. The van der Waals surface area contributed by atoms with E-state index in [1.54, 1.807) is 39.0 Å². The molecule has 0 saturated heterocycles. The molecule has 1 N–H and O–H groups in total. The van der Waals surface area contributed by atoms with Crippen molar-refractivity contribution >= 4 is 20.8 Å². The smallest absolute Gasteiger partial charge is 0.222 e. The number of alkyl halides is 1. The summed E-state index contributed by atoms with van der Waals surface area (Å²) in [5.74, 6) is 0. The van der Waals surface area contributed by atoms with Gasteiger partial charge in [0.05, 0.1) is 26.7 Å². The molecule has 0 amide bonds. The second-order valence-corrected chi connectivity index (χ2v) is 15.4. The van der Waals surface area contributed by atoms with E-state index in [0.717, 1.165) is 16.7 Å². The van der Waals surface area contributed by atoms with Gasteiger partial charge in [0.2, 0.25) is 15.3 Å². The van der Waals surface area contributed by atoms with E-state index in [1.807, 2.05) is 91.0 Å². The first-order chi connectivity index (χ1) is 20.1. The summed E-state index contributed by atoms with van der Waals surface area (Å²) >= 11 is 0. The molecular formula is C34H39FN2O3S2. The number of rotatable bonds is 13. The van der Waals surface area contributed by atoms with E-state index >= 15 is 4.39 Å². The Bertz CT molecular complexity index is 1470. The predicted molar refractivity (Wildman–Crippen MR) is 169 cm³/mol. The zero-order valence-corrected chi connectivity index (χ0v) is 25.9. The number of hydrogen-bond acceptors (Lipinski definition) is 4. The molecule has 0 aliphatic rings. The van der Waals surface area contributed by atoms with Crippen LogP contribution < -0.4 is 4.72 Å². The fourth-order valence-corrected chi connectivity index (χ4v) is 7.20. The number of nitrogens with one attached hydrogen (secondary N) is 1. The molecule has 4 atom stereocenters. The van der Waals surface area contributed by atoms with E-state index in [1.165, 1.54) is 12.1 Å². The van der Waals surface area contributed by atoms with Gasteiger partial charge in [0.15, 0.2) is 0 Å². The molecule has 222 valence electrons. The Morgan fingerprint density at radius 3 is 1.55 bits per heavy atom. The maximum Gasteiger partial charge on any atom is 0.222 e. The maximum absolute atomic E-state index is 16.9. The highest BCUT2D eigenvalue weighted by Crippen LogP contribution is 2.28. The van der Waals surface area contributed by atoms with Crippen molar-refractivity contribution in [2.24, 2.45) is 0 Å². The molecule has 0 radical (unpaired) electrons. The minimum Gasteiger partial charge on any atom is -0.290 e. The molecule has 0 aliphatic carbocycles. The average molecular weight is 607 g/mol. The molecule has 0 bridgehead atoms. The van der Waals surface area contributed by atoms with E-state index < -0.39 is 43.2 Å². The van der Waals surface area contributed by atoms with Gasteiger partial charge >= 0.3 is 0 Å². The van der Waals surface area contributed by atoms with Crippen LogP contribution in [0.2, 0.25) is 0 Å². The fourth-order valence-electron chi connectivity index (χ4n) is 4.81. The maximum atomic E-state index is 16.9. The Morgan fingerprint density at radius 2 is 1.12 bits per heavy atom. The summed E-state index contributed by atoms with van der Waals surface area (Å²) in [5.41, 5.74) is 0.562. The van der Waals surface area contributed by atoms with Crippen molar-refractivity contribution in [1.82, 2.24) is 9.62 Å². The molecular weight excluding hydrogens is 568 g/mol. The van der Waals surface area contributed by atoms with Crippen molar-refractivity contribution in [3.05, 3.63) is 138 Å². The molecule has 0 spiro atoms. The van der Waals surface area contributed by atoms with Crippen LogP contribution in [0.1, 0.15) is 37.5 Å². The standard InChI is InChI=1S/C34H39FN2O3S2/c1-34(2,3)41(38)36-32(33(35)42(39,40)30-22-14-7-15-23-30)31(24-27-16-8-4-9-17-27)37(25-28-18-10-5-11-19-28)26-29-20-12-6-13-21-29/h4-23,31-33,36H,24-26H2,1-3H3/t31-,32-,33-,41+/m0/s1. The van der Waals surface area contributed by atoms with Gasteiger partial charge in [0, 0.05) is 19.1 Å². The first-order valence-corrected chi connectivity index (χ1v) is 16.7. The summed E-state index contributed by atoms with van der Waals surface area (Å²) in [6.07, 6.45) is 0.338. The van der Waals surface area contributed by atoms with Crippen molar-refractivity contribution < 1.29 is 17.0 Å². The van der Waals surface area contributed by atoms with Gasteiger partial charge in [-0.25, -0.2) is 21.7 Å². The highest BCUT2D eigenvalue weighted by molar-refractivity contribution is 7.92. The van der Waals surface area contributed by atoms with Gasteiger partial charge in [-0.05, 0) is 56.0 Å². The molecule has 0 aromatic heterocycles. The normalized spacial score (nSPS) is 15.2. The quantitative estimate of drug-likeness (QED) is 0.189. The minimum absolute atomic E-state index is 0.109. The molecule has 0 fully saturated rings. The molecule has 4 aromatic carbocycles. The first kappa shape index (κ1) is 31.8. The molecule has 42 heavy (non-hydrogen) atoms. The third kappa shape index (κ3) is 8.44. The zero-order valence-electron chi connectivity index (χ0n) is 24.3. The summed E-state index contributed by atoms with van der Waals surface area (Å²) in [5, 5.41) is 0. The Balaban J connectivity index is 1.86. The molecule has 0 heterocycles. The van der Waals surface area contributed by atoms with Gasteiger partial charge in [0.1, 0.15) is 0 Å². The summed E-state index contributed by atoms with van der Waals surface area (Å²) in [4.78, 5) is 1.99. The highest BCUT2D eigenvalue weighted by Gasteiger charge is 2.43. The van der Waals surface area contributed by atoms with E-state index in [2.05, 4.69) is 9.62 Å². The van der Waals surface area contributed by atoms with Gasteiger partial charge in [0.25, 0.3) is 0 Å². The van der Waals surface area contributed by atoms with Crippen molar-refractivity contribution in [3.8, 4) is 0 Å². The van der Waals surface area contributed by atoms with Gasteiger partial charge in [-0.2, -0.15) is 0 Å².